The van der Waals surface area contributed by atoms with Crippen LogP contribution in [0.15, 0.2) is 35.1 Å². The molecule has 1 N–H and O–H groups in total. The number of nitrogens with one attached hydrogen (secondary N) is 1. The number of ether oxygens (including phenoxy) is 1. The number of hydrogen-bond donors (Lipinski definition) is 1. The van der Waals surface area contributed by atoms with Crippen LogP contribution in [0, 0.1) is 0 Å². The van der Waals surface area contributed by atoms with Crippen molar-refractivity contribution in [1.82, 2.24) is 14.6 Å². The lowest BCUT2D eigenvalue weighted by Crippen LogP contribution is -2.19. The number of fused-ring (bicyclic) bond motifs is 1. The number of nitrogens with zero attached hydrogens (tertiary/aromatic N) is 3. The van der Waals surface area contributed by atoms with Gasteiger partial charge in [0.05, 0.1) is 6.04 Å². The third-order valence-corrected chi connectivity index (χ3v) is 4.62. The van der Waals surface area contributed by atoms with E-state index in [1.807, 2.05) is 13.8 Å². The van der Waals surface area contributed by atoms with E-state index in [1.165, 1.54) is 34.1 Å². The fourth-order valence-electron chi connectivity index (χ4n) is 2.38. The fraction of sp³-hybridized carbons (Fsp3) is 0.353. The Morgan fingerprint density at radius 2 is 2.00 bits per heavy atom. The molecule has 144 valence electrons. The number of rotatable bonds is 6. The molecule has 0 saturated heterocycles. The summed E-state index contributed by atoms with van der Waals surface area (Å²) in [7, 11) is 0. The van der Waals surface area contributed by atoms with Crippen molar-refractivity contribution in [3.63, 3.8) is 0 Å². The van der Waals surface area contributed by atoms with Gasteiger partial charge in [0.25, 0.3) is 5.56 Å². The second-order valence-electron chi connectivity index (χ2n) is 5.88. The van der Waals surface area contributed by atoms with Gasteiger partial charge in [-0.15, -0.1) is 5.10 Å². The van der Waals surface area contributed by atoms with E-state index in [-0.39, 0.29) is 17.4 Å². The van der Waals surface area contributed by atoms with Crippen LogP contribution in [0.1, 0.15) is 31.1 Å². The van der Waals surface area contributed by atoms with Crippen LogP contribution >= 0.6 is 11.3 Å². The van der Waals surface area contributed by atoms with Crippen molar-refractivity contribution < 1.29 is 17.9 Å². The van der Waals surface area contributed by atoms with Gasteiger partial charge in [0, 0.05) is 11.8 Å². The molecular formula is C17H17F3N4O2S. The van der Waals surface area contributed by atoms with Crippen molar-refractivity contribution in [2.24, 2.45) is 0 Å². The molecule has 0 bridgehead atoms. The topological polar surface area (TPSA) is 68.5 Å². The number of halogens is 3. The zero-order chi connectivity index (χ0) is 19.6. The second-order valence-corrected chi connectivity index (χ2v) is 6.84. The summed E-state index contributed by atoms with van der Waals surface area (Å²) in [5.74, 6) is 0.145. The van der Waals surface area contributed by atoms with Gasteiger partial charge in [0.1, 0.15) is 5.75 Å². The Balaban J connectivity index is 1.71. The Kier molecular flexibility index (Phi) is 5.36. The first-order chi connectivity index (χ1) is 12.7. The monoisotopic (exact) mass is 398 g/mol. The summed E-state index contributed by atoms with van der Waals surface area (Å²) in [6.45, 7) is 2.47. The van der Waals surface area contributed by atoms with E-state index in [1.54, 1.807) is 12.1 Å². The summed E-state index contributed by atoms with van der Waals surface area (Å²) in [5, 5.41) is 7.93. The Labute approximate surface area is 156 Å². The van der Waals surface area contributed by atoms with Crippen LogP contribution in [-0.4, -0.2) is 27.4 Å². The molecule has 0 aliphatic heterocycles. The van der Waals surface area contributed by atoms with Gasteiger partial charge >= 0.3 is 6.18 Å². The first kappa shape index (κ1) is 19.2. The van der Waals surface area contributed by atoms with Gasteiger partial charge in [-0.1, -0.05) is 30.4 Å². The van der Waals surface area contributed by atoms with Crippen LogP contribution in [-0.2, 0) is 6.42 Å². The minimum Gasteiger partial charge on any atom is -0.484 e. The van der Waals surface area contributed by atoms with Crippen molar-refractivity contribution >= 4 is 21.4 Å². The molecule has 1 aromatic carbocycles. The first-order valence-corrected chi connectivity index (χ1v) is 9.02. The summed E-state index contributed by atoms with van der Waals surface area (Å²) < 4.78 is 42.5. The second kappa shape index (κ2) is 7.55. The molecule has 0 aliphatic rings. The van der Waals surface area contributed by atoms with Gasteiger partial charge in [-0.3, -0.25) is 4.79 Å². The normalized spacial score (nSPS) is 12.9. The molecule has 0 radical (unpaired) electrons. The largest absolute Gasteiger partial charge is 0.484 e. The maximum absolute atomic E-state index is 12.2. The first-order valence-electron chi connectivity index (χ1n) is 8.21. The molecule has 6 nitrogen and oxygen atoms in total. The molecule has 10 heteroatoms. The van der Waals surface area contributed by atoms with E-state index in [4.69, 9.17) is 4.74 Å². The minimum atomic E-state index is -4.37. The van der Waals surface area contributed by atoms with Gasteiger partial charge in [-0.25, -0.2) is 4.98 Å². The maximum atomic E-state index is 12.2. The van der Waals surface area contributed by atoms with Gasteiger partial charge in [-0.2, -0.15) is 17.7 Å². The average Bonchev–Trinajstić information content (AvgIpc) is 3.02. The molecule has 0 fully saturated rings. The maximum Gasteiger partial charge on any atom is 0.422 e. The number of benzene rings is 1. The van der Waals surface area contributed by atoms with E-state index in [2.05, 4.69) is 15.4 Å². The molecule has 1 atom stereocenters. The van der Waals surface area contributed by atoms with Crippen LogP contribution in [0.25, 0.3) is 4.96 Å². The molecule has 2 heterocycles. The van der Waals surface area contributed by atoms with E-state index >= 15 is 0 Å². The molecule has 27 heavy (non-hydrogen) atoms. The summed E-state index contributed by atoms with van der Waals surface area (Å²) >= 11 is 1.26. The summed E-state index contributed by atoms with van der Waals surface area (Å²) in [6.07, 6.45) is -3.71. The summed E-state index contributed by atoms with van der Waals surface area (Å²) in [4.78, 5) is 16.9. The SMILES string of the molecule is CCc1cc(=O)n2nc(NC(C)c3ccc(OCC(F)(F)F)cc3)sc2n1. The number of anilines is 1. The highest BCUT2D eigenvalue weighted by Crippen LogP contribution is 2.25. The predicted molar refractivity (Wildman–Crippen MR) is 96.5 cm³/mol. The third-order valence-electron chi connectivity index (χ3n) is 3.78. The van der Waals surface area contributed by atoms with Crippen molar-refractivity contribution in [1.29, 1.82) is 0 Å². The van der Waals surface area contributed by atoms with Crippen molar-refractivity contribution in [3.8, 4) is 5.75 Å². The average molecular weight is 398 g/mol. The van der Waals surface area contributed by atoms with Crippen LogP contribution in [0.3, 0.4) is 0 Å². The standard InChI is InChI=1S/C17H17F3N4O2S/c1-3-12-8-14(25)24-16(22-12)27-15(23-24)21-10(2)11-4-6-13(7-5-11)26-9-17(18,19)20/h4-8,10H,3,9H2,1-2H3,(H,21,23). The molecule has 3 aromatic rings. The zero-order valence-corrected chi connectivity index (χ0v) is 15.4. The van der Waals surface area contributed by atoms with E-state index < -0.39 is 12.8 Å². The van der Waals surface area contributed by atoms with Crippen LogP contribution < -0.4 is 15.6 Å². The number of aryl methyl sites for hydroxylation is 1. The van der Waals surface area contributed by atoms with Gasteiger partial charge in [-0.05, 0) is 31.0 Å². The van der Waals surface area contributed by atoms with Crippen molar-refractivity contribution in [2.45, 2.75) is 32.5 Å². The quantitative estimate of drug-likeness (QED) is 0.684. The molecule has 0 amide bonds. The molecular weight excluding hydrogens is 381 g/mol. The van der Waals surface area contributed by atoms with Gasteiger partial charge < -0.3 is 10.1 Å². The lowest BCUT2D eigenvalue weighted by Gasteiger charge is -2.14. The number of alkyl halides is 3. The Morgan fingerprint density at radius 3 is 2.63 bits per heavy atom. The van der Waals surface area contributed by atoms with Crippen molar-refractivity contribution in [3.05, 3.63) is 51.9 Å². The van der Waals surface area contributed by atoms with Crippen molar-refractivity contribution in [2.75, 3.05) is 11.9 Å². The summed E-state index contributed by atoms with van der Waals surface area (Å²) in [5.41, 5.74) is 1.31. The highest BCUT2D eigenvalue weighted by atomic mass is 32.1. The molecule has 0 aliphatic carbocycles. The molecule has 0 spiro atoms. The minimum absolute atomic E-state index is 0.145. The fourth-order valence-corrected chi connectivity index (χ4v) is 3.29. The van der Waals surface area contributed by atoms with Crippen LogP contribution in [0.5, 0.6) is 5.75 Å². The Morgan fingerprint density at radius 1 is 1.30 bits per heavy atom. The molecule has 0 saturated carbocycles. The summed E-state index contributed by atoms with van der Waals surface area (Å²) in [6, 6.07) is 7.60. The Bertz CT molecular complexity index is 982. The Hall–Kier alpha value is -2.62. The zero-order valence-electron chi connectivity index (χ0n) is 14.6. The predicted octanol–water partition coefficient (Wildman–Crippen LogP) is 3.83. The smallest absolute Gasteiger partial charge is 0.422 e. The van der Waals surface area contributed by atoms with E-state index in [0.29, 0.717) is 22.2 Å². The van der Waals surface area contributed by atoms with Gasteiger partial charge in [0.15, 0.2) is 6.61 Å². The molecule has 2 aromatic heterocycles. The highest BCUT2D eigenvalue weighted by Gasteiger charge is 2.28. The lowest BCUT2D eigenvalue weighted by molar-refractivity contribution is -0.153. The molecule has 1 unspecified atom stereocenters. The third kappa shape index (κ3) is 4.76. The van der Waals surface area contributed by atoms with E-state index in [0.717, 1.165) is 5.56 Å². The van der Waals surface area contributed by atoms with Gasteiger partial charge in [0.2, 0.25) is 10.1 Å². The van der Waals surface area contributed by atoms with E-state index in [9.17, 15) is 18.0 Å². The number of hydrogen-bond acceptors (Lipinski definition) is 6. The van der Waals surface area contributed by atoms with Crippen LogP contribution in [0.2, 0.25) is 0 Å². The lowest BCUT2D eigenvalue weighted by atomic mass is 10.1. The number of aromatic nitrogens is 3. The molecule has 3 rings (SSSR count). The van der Waals surface area contributed by atoms with Crippen LogP contribution in [0.4, 0.5) is 18.3 Å². The highest BCUT2D eigenvalue weighted by molar-refractivity contribution is 7.20.